The van der Waals surface area contributed by atoms with Gasteiger partial charge in [0.15, 0.2) is 0 Å². The van der Waals surface area contributed by atoms with Crippen molar-refractivity contribution < 1.29 is 19.1 Å². The first-order chi connectivity index (χ1) is 14.2. The summed E-state index contributed by atoms with van der Waals surface area (Å²) in [6, 6.07) is 17.2. The summed E-state index contributed by atoms with van der Waals surface area (Å²) in [5, 5.41) is 3.09. The molecule has 0 spiro atoms. The number of aryl methyl sites for hydroxylation is 1. The molecule has 0 aliphatic carbocycles. The number of esters is 1. The number of benzene rings is 2. The fourth-order valence-electron chi connectivity index (χ4n) is 2.88. The van der Waals surface area contributed by atoms with Crippen molar-refractivity contribution in [3.63, 3.8) is 0 Å². The molecule has 5 nitrogen and oxygen atoms in total. The zero-order valence-corrected chi connectivity index (χ0v) is 17.1. The van der Waals surface area contributed by atoms with Crippen molar-refractivity contribution in [1.29, 1.82) is 0 Å². The highest BCUT2D eigenvalue weighted by Crippen LogP contribution is 2.22. The van der Waals surface area contributed by atoms with E-state index < -0.39 is 11.8 Å². The lowest BCUT2D eigenvalue weighted by Gasteiger charge is -2.11. The van der Waals surface area contributed by atoms with Gasteiger partial charge in [-0.05, 0) is 50.8 Å². The maximum atomic E-state index is 13.0. The van der Waals surface area contributed by atoms with E-state index in [1.54, 1.807) is 31.2 Å². The van der Waals surface area contributed by atoms with Gasteiger partial charge in [0.25, 0.3) is 0 Å². The molecule has 5 heteroatoms. The van der Waals surface area contributed by atoms with Gasteiger partial charge in [0.05, 0.1) is 18.8 Å². The molecule has 0 radical (unpaired) electrons. The van der Waals surface area contributed by atoms with Crippen LogP contribution in [0.15, 0.2) is 66.4 Å². The van der Waals surface area contributed by atoms with E-state index in [0.717, 1.165) is 19.3 Å². The molecule has 0 fully saturated rings. The maximum Gasteiger partial charge on any atom is 0.343 e. The standard InChI is InChI=1S/C24H29NO4/c1-3-28-22-16-9-8-15-20(22)23(26)21(24(27)29-4-2)18-25-17-11-10-14-19-12-6-5-7-13-19/h5-9,12-13,15-16,18,25H,3-4,10-11,14,17H2,1-2H3. The van der Waals surface area contributed by atoms with Crippen molar-refractivity contribution >= 4 is 11.8 Å². The van der Waals surface area contributed by atoms with E-state index in [-0.39, 0.29) is 12.2 Å². The molecule has 0 saturated carbocycles. The third-order valence-electron chi connectivity index (χ3n) is 4.30. The van der Waals surface area contributed by atoms with Crippen molar-refractivity contribution in [1.82, 2.24) is 5.32 Å². The van der Waals surface area contributed by atoms with Gasteiger partial charge in [0.2, 0.25) is 5.78 Å². The Morgan fingerprint density at radius 1 is 0.931 bits per heavy atom. The van der Waals surface area contributed by atoms with E-state index in [1.807, 2.05) is 25.1 Å². The second kappa shape index (κ2) is 12.4. The van der Waals surface area contributed by atoms with Gasteiger partial charge in [-0.1, -0.05) is 42.5 Å². The first-order valence-corrected chi connectivity index (χ1v) is 10.1. The monoisotopic (exact) mass is 395 g/mol. The summed E-state index contributed by atoms with van der Waals surface area (Å²) in [7, 11) is 0. The molecule has 0 aliphatic heterocycles. The molecule has 2 rings (SSSR count). The quantitative estimate of drug-likeness (QED) is 0.145. The Morgan fingerprint density at radius 2 is 1.66 bits per heavy atom. The van der Waals surface area contributed by atoms with Crippen LogP contribution in [-0.2, 0) is 16.0 Å². The summed E-state index contributed by atoms with van der Waals surface area (Å²) in [5.74, 6) is -0.595. The second-order valence-electron chi connectivity index (χ2n) is 6.43. The summed E-state index contributed by atoms with van der Waals surface area (Å²) < 4.78 is 10.6. The number of hydrogen-bond donors (Lipinski definition) is 1. The third-order valence-corrected chi connectivity index (χ3v) is 4.30. The molecule has 0 unspecified atom stereocenters. The van der Waals surface area contributed by atoms with E-state index in [0.29, 0.717) is 24.5 Å². The van der Waals surface area contributed by atoms with Crippen molar-refractivity contribution in [2.45, 2.75) is 33.1 Å². The number of hydrogen-bond acceptors (Lipinski definition) is 5. The van der Waals surface area contributed by atoms with Crippen LogP contribution in [0, 0.1) is 0 Å². The molecule has 0 bridgehead atoms. The fraction of sp³-hybridized carbons (Fsp3) is 0.333. The van der Waals surface area contributed by atoms with Gasteiger partial charge < -0.3 is 14.8 Å². The Morgan fingerprint density at radius 3 is 2.38 bits per heavy atom. The highest BCUT2D eigenvalue weighted by atomic mass is 16.5. The largest absolute Gasteiger partial charge is 0.493 e. The Labute approximate surface area is 172 Å². The minimum Gasteiger partial charge on any atom is -0.493 e. The summed E-state index contributed by atoms with van der Waals surface area (Å²) in [4.78, 5) is 25.3. The molecule has 0 atom stereocenters. The third kappa shape index (κ3) is 7.11. The molecular formula is C24H29NO4. The molecule has 0 heterocycles. The number of para-hydroxylation sites is 1. The lowest BCUT2D eigenvalue weighted by Crippen LogP contribution is -2.20. The average molecular weight is 395 g/mol. The number of ketones is 1. The fourth-order valence-corrected chi connectivity index (χ4v) is 2.88. The number of carbonyl (C=O) groups excluding carboxylic acids is 2. The molecule has 0 amide bonds. The minimum atomic E-state index is -0.638. The molecule has 0 aromatic heterocycles. The number of rotatable bonds is 12. The van der Waals surface area contributed by atoms with Crippen molar-refractivity contribution in [2.24, 2.45) is 0 Å². The van der Waals surface area contributed by atoms with E-state index in [9.17, 15) is 9.59 Å². The Kier molecular flexibility index (Phi) is 9.49. The van der Waals surface area contributed by atoms with E-state index in [4.69, 9.17) is 9.47 Å². The summed E-state index contributed by atoms with van der Waals surface area (Å²) in [6.07, 6.45) is 4.40. The van der Waals surface area contributed by atoms with Gasteiger partial charge in [-0.2, -0.15) is 0 Å². The zero-order chi connectivity index (χ0) is 20.9. The first-order valence-electron chi connectivity index (χ1n) is 10.1. The predicted molar refractivity (Wildman–Crippen MR) is 114 cm³/mol. The van der Waals surface area contributed by atoms with E-state index in [2.05, 4.69) is 17.4 Å². The molecular weight excluding hydrogens is 366 g/mol. The van der Waals surface area contributed by atoms with Gasteiger partial charge >= 0.3 is 5.97 Å². The van der Waals surface area contributed by atoms with Gasteiger partial charge in [-0.15, -0.1) is 0 Å². The van der Waals surface area contributed by atoms with Crippen molar-refractivity contribution in [3.8, 4) is 5.75 Å². The van der Waals surface area contributed by atoms with Crippen LogP contribution in [0.4, 0.5) is 0 Å². The summed E-state index contributed by atoms with van der Waals surface area (Å²) in [6.45, 7) is 4.86. The van der Waals surface area contributed by atoms with Crippen LogP contribution >= 0.6 is 0 Å². The average Bonchev–Trinajstić information content (AvgIpc) is 2.74. The predicted octanol–water partition coefficient (Wildman–Crippen LogP) is 4.33. The zero-order valence-electron chi connectivity index (χ0n) is 17.1. The Bertz CT molecular complexity index is 815. The Hall–Kier alpha value is -3.08. The number of nitrogens with one attached hydrogen (secondary N) is 1. The van der Waals surface area contributed by atoms with Crippen LogP contribution in [-0.4, -0.2) is 31.5 Å². The normalized spacial score (nSPS) is 11.0. The Balaban J connectivity index is 2.00. The minimum absolute atomic E-state index is 0.0259. The number of Topliss-reactive ketones (excluding diaryl/α,β-unsaturated/α-hetero) is 1. The molecule has 29 heavy (non-hydrogen) atoms. The number of ether oxygens (including phenoxy) is 2. The highest BCUT2D eigenvalue weighted by molar-refractivity contribution is 6.25. The highest BCUT2D eigenvalue weighted by Gasteiger charge is 2.23. The van der Waals surface area contributed by atoms with Crippen LogP contribution < -0.4 is 10.1 Å². The molecule has 0 saturated heterocycles. The molecule has 2 aromatic rings. The van der Waals surface area contributed by atoms with Gasteiger partial charge in [-0.3, -0.25) is 4.79 Å². The van der Waals surface area contributed by atoms with Crippen LogP contribution in [0.3, 0.4) is 0 Å². The van der Waals surface area contributed by atoms with Crippen LogP contribution in [0.1, 0.15) is 42.6 Å². The van der Waals surface area contributed by atoms with Gasteiger partial charge in [0, 0.05) is 12.7 Å². The van der Waals surface area contributed by atoms with Gasteiger partial charge in [0.1, 0.15) is 11.3 Å². The molecule has 0 aliphatic rings. The lowest BCUT2D eigenvalue weighted by molar-refractivity contribution is -0.138. The number of carbonyl (C=O) groups is 2. The van der Waals surface area contributed by atoms with Crippen LogP contribution in [0.5, 0.6) is 5.75 Å². The lowest BCUT2D eigenvalue weighted by atomic mass is 10.0. The SMILES string of the molecule is CCOC(=O)C(=CNCCCCc1ccccc1)C(=O)c1ccccc1OCC. The number of unbranched alkanes of at least 4 members (excludes halogenated alkanes) is 1. The van der Waals surface area contributed by atoms with Crippen LogP contribution in [0.25, 0.3) is 0 Å². The van der Waals surface area contributed by atoms with Crippen molar-refractivity contribution in [2.75, 3.05) is 19.8 Å². The van der Waals surface area contributed by atoms with Crippen LogP contribution in [0.2, 0.25) is 0 Å². The maximum absolute atomic E-state index is 13.0. The molecule has 2 aromatic carbocycles. The smallest absolute Gasteiger partial charge is 0.343 e. The molecule has 154 valence electrons. The topological polar surface area (TPSA) is 64.6 Å². The van der Waals surface area contributed by atoms with E-state index in [1.165, 1.54) is 11.8 Å². The van der Waals surface area contributed by atoms with Gasteiger partial charge in [-0.25, -0.2) is 4.79 Å². The summed E-state index contributed by atoms with van der Waals surface area (Å²) in [5.41, 5.74) is 1.62. The molecule has 1 N–H and O–H groups in total. The summed E-state index contributed by atoms with van der Waals surface area (Å²) >= 11 is 0. The first kappa shape index (κ1) is 22.2. The second-order valence-corrected chi connectivity index (χ2v) is 6.43. The van der Waals surface area contributed by atoms with Crippen molar-refractivity contribution in [3.05, 3.63) is 77.5 Å². The van der Waals surface area contributed by atoms with E-state index >= 15 is 0 Å².